The number of rotatable bonds is 10. The molecule has 0 spiro atoms. The Bertz CT molecular complexity index is 1010. The summed E-state index contributed by atoms with van der Waals surface area (Å²) in [4.78, 5) is 12.4. The van der Waals surface area contributed by atoms with E-state index in [-0.39, 0.29) is 37.9 Å². The molecule has 7 heteroatoms. The third kappa shape index (κ3) is 6.48. The Kier molecular flexibility index (Phi) is 10.5. The fourth-order valence-corrected chi connectivity index (χ4v) is 4.24. The van der Waals surface area contributed by atoms with Crippen LogP contribution in [0.15, 0.2) is 48.0 Å². The average molecular weight is 487 g/mol. The highest BCUT2D eigenvalue weighted by molar-refractivity contribution is 5.87. The Labute approximate surface area is 208 Å². The zero-order chi connectivity index (χ0) is 24.7. The molecule has 0 bridgehead atoms. The van der Waals surface area contributed by atoms with Gasteiger partial charge in [-0.2, -0.15) is 0 Å². The quantitative estimate of drug-likeness (QED) is 0.328. The number of ether oxygens (including phenoxy) is 6. The molecule has 0 aromatic heterocycles. The van der Waals surface area contributed by atoms with Crippen molar-refractivity contribution in [3.8, 4) is 23.0 Å². The molecular formula is C28H38O7. The van der Waals surface area contributed by atoms with Crippen LogP contribution in [0.3, 0.4) is 0 Å². The predicted octanol–water partition coefficient (Wildman–Crippen LogP) is 5.41. The SMILES string of the molecule is C.C/C=C(/C)C(=O)OC[C@H]1[C@@H](Cc2ccc(OC)c(OC)c2)CO[C@@H]1c1ccc(OC)c(OC)c1. The molecule has 2 aromatic rings. The fourth-order valence-electron chi connectivity index (χ4n) is 4.24. The molecule has 0 amide bonds. The zero-order valence-corrected chi connectivity index (χ0v) is 20.8. The highest BCUT2D eigenvalue weighted by Crippen LogP contribution is 2.43. The van der Waals surface area contributed by atoms with Crippen LogP contribution in [-0.2, 0) is 20.7 Å². The van der Waals surface area contributed by atoms with E-state index in [0.29, 0.717) is 35.2 Å². The van der Waals surface area contributed by atoms with Crippen molar-refractivity contribution in [1.29, 1.82) is 0 Å². The first-order valence-electron chi connectivity index (χ1n) is 11.3. The largest absolute Gasteiger partial charge is 0.493 e. The first-order chi connectivity index (χ1) is 16.4. The van der Waals surface area contributed by atoms with E-state index in [9.17, 15) is 4.79 Å². The van der Waals surface area contributed by atoms with E-state index in [0.717, 1.165) is 17.5 Å². The Balaban J connectivity index is 0.00000432. The molecule has 0 unspecified atom stereocenters. The topological polar surface area (TPSA) is 72.5 Å². The van der Waals surface area contributed by atoms with Gasteiger partial charge < -0.3 is 28.4 Å². The summed E-state index contributed by atoms with van der Waals surface area (Å²) in [5.41, 5.74) is 2.63. The van der Waals surface area contributed by atoms with E-state index in [1.54, 1.807) is 41.4 Å². The van der Waals surface area contributed by atoms with E-state index in [1.807, 2.05) is 43.3 Å². The molecule has 1 aliphatic heterocycles. The summed E-state index contributed by atoms with van der Waals surface area (Å²) in [6.45, 7) is 4.36. The summed E-state index contributed by atoms with van der Waals surface area (Å²) in [6.07, 6.45) is 2.25. The van der Waals surface area contributed by atoms with Gasteiger partial charge in [-0.15, -0.1) is 0 Å². The number of methoxy groups -OCH3 is 4. The number of esters is 1. The second-order valence-electron chi connectivity index (χ2n) is 8.26. The van der Waals surface area contributed by atoms with Crippen molar-refractivity contribution < 1.29 is 33.2 Å². The maximum Gasteiger partial charge on any atom is 0.333 e. The lowest BCUT2D eigenvalue weighted by molar-refractivity contribution is -0.141. The minimum absolute atomic E-state index is 0. The van der Waals surface area contributed by atoms with Crippen molar-refractivity contribution >= 4 is 5.97 Å². The van der Waals surface area contributed by atoms with E-state index < -0.39 is 0 Å². The van der Waals surface area contributed by atoms with Crippen molar-refractivity contribution in [1.82, 2.24) is 0 Å². The lowest BCUT2D eigenvalue weighted by Gasteiger charge is -2.24. The van der Waals surface area contributed by atoms with Crippen LogP contribution in [0.4, 0.5) is 0 Å². The van der Waals surface area contributed by atoms with Crippen molar-refractivity contribution in [3.63, 3.8) is 0 Å². The molecule has 1 heterocycles. The zero-order valence-electron chi connectivity index (χ0n) is 20.8. The summed E-state index contributed by atoms with van der Waals surface area (Å²) in [5, 5.41) is 0. The number of benzene rings is 2. The monoisotopic (exact) mass is 486 g/mol. The van der Waals surface area contributed by atoms with E-state index in [2.05, 4.69) is 0 Å². The van der Waals surface area contributed by atoms with Crippen LogP contribution in [0.5, 0.6) is 23.0 Å². The van der Waals surface area contributed by atoms with Gasteiger partial charge in [0.05, 0.1) is 47.8 Å². The van der Waals surface area contributed by atoms with Gasteiger partial charge in [0.2, 0.25) is 0 Å². The lowest BCUT2D eigenvalue weighted by Crippen LogP contribution is -2.24. The molecule has 0 aliphatic carbocycles. The third-order valence-electron chi connectivity index (χ3n) is 6.33. The highest BCUT2D eigenvalue weighted by atomic mass is 16.5. The van der Waals surface area contributed by atoms with Crippen LogP contribution in [0.1, 0.15) is 38.5 Å². The third-order valence-corrected chi connectivity index (χ3v) is 6.33. The first-order valence-corrected chi connectivity index (χ1v) is 11.3. The highest BCUT2D eigenvalue weighted by Gasteiger charge is 2.39. The van der Waals surface area contributed by atoms with Crippen LogP contribution < -0.4 is 18.9 Å². The molecule has 1 saturated heterocycles. The summed E-state index contributed by atoms with van der Waals surface area (Å²) in [6, 6.07) is 11.7. The first kappa shape index (κ1) is 28.1. The summed E-state index contributed by atoms with van der Waals surface area (Å²) in [7, 11) is 6.46. The minimum atomic E-state index is -0.315. The summed E-state index contributed by atoms with van der Waals surface area (Å²) >= 11 is 0. The summed E-state index contributed by atoms with van der Waals surface area (Å²) in [5.74, 6) is 2.43. The van der Waals surface area contributed by atoms with Crippen molar-refractivity contribution in [2.75, 3.05) is 41.7 Å². The molecule has 3 atom stereocenters. The number of carbonyl (C=O) groups is 1. The smallest absolute Gasteiger partial charge is 0.333 e. The maximum atomic E-state index is 12.4. The Morgan fingerprint density at radius 3 is 2.14 bits per heavy atom. The Morgan fingerprint density at radius 1 is 0.943 bits per heavy atom. The molecule has 0 radical (unpaired) electrons. The Hall–Kier alpha value is -3.19. The second-order valence-corrected chi connectivity index (χ2v) is 8.26. The molecular weight excluding hydrogens is 448 g/mol. The standard InChI is InChI=1S/C27H34O7.CH4/c1-7-17(2)27(28)34-16-21-20(12-18-8-10-22(29-3)24(13-18)31-5)15-33-26(21)19-9-11-23(30-4)25(14-19)32-6;/h7-11,13-14,20-21,26H,12,15-16H2,1-6H3;1H4/b17-7-;/t20-,21-,26+;/m0./s1. The van der Waals surface area contributed by atoms with Gasteiger partial charge in [0.1, 0.15) is 0 Å². The number of hydrogen-bond acceptors (Lipinski definition) is 7. The molecule has 35 heavy (non-hydrogen) atoms. The molecule has 1 fully saturated rings. The number of hydrogen-bond donors (Lipinski definition) is 0. The predicted molar refractivity (Wildman–Crippen MR) is 136 cm³/mol. The minimum Gasteiger partial charge on any atom is -0.493 e. The maximum absolute atomic E-state index is 12.4. The molecule has 192 valence electrons. The number of carbonyl (C=O) groups excluding carboxylic acids is 1. The van der Waals surface area contributed by atoms with Gasteiger partial charge in [-0.25, -0.2) is 4.79 Å². The van der Waals surface area contributed by atoms with Gasteiger partial charge in [0, 0.05) is 11.5 Å². The second kappa shape index (κ2) is 13.0. The molecule has 0 saturated carbocycles. The lowest BCUT2D eigenvalue weighted by atomic mass is 9.84. The van der Waals surface area contributed by atoms with E-state index in [1.165, 1.54) is 0 Å². The molecule has 2 aromatic carbocycles. The molecule has 7 nitrogen and oxygen atoms in total. The average Bonchev–Trinajstić information content (AvgIpc) is 3.27. The van der Waals surface area contributed by atoms with Gasteiger partial charge >= 0.3 is 5.97 Å². The van der Waals surface area contributed by atoms with E-state index in [4.69, 9.17) is 28.4 Å². The molecule has 1 aliphatic rings. The van der Waals surface area contributed by atoms with E-state index >= 15 is 0 Å². The van der Waals surface area contributed by atoms with Gasteiger partial charge in [-0.1, -0.05) is 25.6 Å². The fraction of sp³-hybridized carbons (Fsp3) is 0.464. The van der Waals surface area contributed by atoms with Crippen LogP contribution in [-0.4, -0.2) is 47.6 Å². The van der Waals surface area contributed by atoms with Gasteiger partial charge in [0.15, 0.2) is 23.0 Å². The normalized spacial score (nSPS) is 19.5. The van der Waals surface area contributed by atoms with Crippen LogP contribution in [0.2, 0.25) is 0 Å². The van der Waals surface area contributed by atoms with Gasteiger partial charge in [-0.3, -0.25) is 0 Å². The molecule has 0 N–H and O–H groups in total. The van der Waals surface area contributed by atoms with Gasteiger partial charge in [0.25, 0.3) is 0 Å². The summed E-state index contributed by atoms with van der Waals surface area (Å²) < 4.78 is 33.7. The Morgan fingerprint density at radius 2 is 1.54 bits per heavy atom. The molecule has 3 rings (SSSR count). The van der Waals surface area contributed by atoms with Crippen LogP contribution in [0.25, 0.3) is 0 Å². The van der Waals surface area contributed by atoms with Crippen LogP contribution in [0, 0.1) is 11.8 Å². The van der Waals surface area contributed by atoms with Crippen LogP contribution >= 0.6 is 0 Å². The van der Waals surface area contributed by atoms with Gasteiger partial charge in [-0.05, 0) is 61.6 Å². The van der Waals surface area contributed by atoms with Crippen molar-refractivity contribution in [2.45, 2.75) is 33.8 Å². The van der Waals surface area contributed by atoms with Crippen molar-refractivity contribution in [3.05, 3.63) is 59.2 Å². The number of allylic oxidation sites excluding steroid dienone is 1. The van der Waals surface area contributed by atoms with Crippen molar-refractivity contribution in [2.24, 2.45) is 11.8 Å².